The van der Waals surface area contributed by atoms with Gasteiger partial charge in [0.15, 0.2) is 9.84 Å². The molecule has 150 valence electrons. The lowest BCUT2D eigenvalue weighted by atomic mass is 10.2. The summed E-state index contributed by atoms with van der Waals surface area (Å²) in [6, 6.07) is 5.42. The fourth-order valence-corrected chi connectivity index (χ4v) is 4.94. The fraction of sp³-hybridized carbons (Fsp3) is 0.294. The van der Waals surface area contributed by atoms with E-state index >= 15 is 0 Å². The molecule has 0 saturated carbocycles. The summed E-state index contributed by atoms with van der Waals surface area (Å²) in [4.78, 5) is 21.9. The van der Waals surface area contributed by atoms with Crippen molar-refractivity contribution in [2.24, 2.45) is 0 Å². The Hall–Kier alpha value is -2.66. The minimum Gasteiger partial charge on any atom is -0.480 e. The van der Waals surface area contributed by atoms with Gasteiger partial charge in [-0.3, -0.25) is 14.2 Å². The van der Waals surface area contributed by atoms with Crippen LogP contribution in [0.1, 0.15) is 12.0 Å². The van der Waals surface area contributed by atoms with Gasteiger partial charge in [-0.2, -0.15) is 13.2 Å². The van der Waals surface area contributed by atoms with E-state index in [1.807, 2.05) is 0 Å². The van der Waals surface area contributed by atoms with E-state index < -0.39 is 49.3 Å². The van der Waals surface area contributed by atoms with Crippen LogP contribution in [0.3, 0.4) is 0 Å². The monoisotopic (exact) mass is 416 g/mol. The van der Waals surface area contributed by atoms with Gasteiger partial charge in [0.2, 0.25) is 0 Å². The maximum Gasteiger partial charge on any atom is 0.417 e. The molecule has 2 atom stereocenters. The largest absolute Gasteiger partial charge is 0.480 e. The first-order valence-electron chi connectivity index (χ1n) is 8.11. The topological polar surface area (TPSA) is 105 Å². The lowest BCUT2D eigenvalue weighted by molar-refractivity contribution is -0.140. The van der Waals surface area contributed by atoms with Gasteiger partial charge < -0.3 is 10.4 Å². The number of hydrogen-bond donors (Lipinski definition) is 2. The lowest BCUT2D eigenvalue weighted by Crippen LogP contribution is -2.30. The van der Waals surface area contributed by atoms with E-state index in [1.165, 1.54) is 18.3 Å². The van der Waals surface area contributed by atoms with Crippen LogP contribution in [-0.4, -0.2) is 41.9 Å². The molecule has 2 aromatic rings. The number of alkyl halides is 3. The SMILES string of the molecule is O=C(O)[C@@H]1C[C@@H](S(=O)(=O)c2ccc(-n3ccccc3=O)cc2C(F)(F)F)CN1. The number of pyridine rings is 1. The Labute approximate surface area is 157 Å². The first kappa shape index (κ1) is 20.1. The van der Waals surface area contributed by atoms with Crippen molar-refractivity contribution in [1.29, 1.82) is 0 Å². The zero-order chi connectivity index (χ0) is 20.7. The highest BCUT2D eigenvalue weighted by molar-refractivity contribution is 7.92. The van der Waals surface area contributed by atoms with Crippen LogP contribution < -0.4 is 10.9 Å². The minimum absolute atomic E-state index is 0.134. The smallest absolute Gasteiger partial charge is 0.417 e. The van der Waals surface area contributed by atoms with E-state index in [4.69, 9.17) is 5.11 Å². The molecule has 0 aliphatic carbocycles. The van der Waals surface area contributed by atoms with Crippen LogP contribution in [-0.2, 0) is 20.8 Å². The predicted octanol–water partition coefficient (Wildman–Crippen LogP) is 1.45. The van der Waals surface area contributed by atoms with Gasteiger partial charge >= 0.3 is 12.1 Å². The molecule has 0 unspecified atom stereocenters. The average molecular weight is 416 g/mol. The van der Waals surface area contributed by atoms with Gasteiger partial charge in [-0.25, -0.2) is 8.42 Å². The molecule has 1 aromatic heterocycles. The Balaban J connectivity index is 2.10. The molecule has 1 aliphatic rings. The molecule has 0 spiro atoms. The van der Waals surface area contributed by atoms with Crippen molar-refractivity contribution in [3.8, 4) is 5.69 Å². The number of nitrogens with zero attached hydrogens (tertiary/aromatic N) is 1. The number of aliphatic carboxylic acids is 1. The number of halogens is 3. The Bertz CT molecular complexity index is 1080. The molecule has 1 aromatic carbocycles. The summed E-state index contributed by atoms with van der Waals surface area (Å²) in [6.07, 6.45) is -4.06. The predicted molar refractivity (Wildman–Crippen MR) is 92.1 cm³/mol. The molecule has 7 nitrogen and oxygen atoms in total. The van der Waals surface area contributed by atoms with Crippen molar-refractivity contribution in [3.05, 3.63) is 58.5 Å². The third kappa shape index (κ3) is 3.67. The van der Waals surface area contributed by atoms with Crippen molar-refractivity contribution < 1.29 is 31.5 Å². The molecule has 28 heavy (non-hydrogen) atoms. The van der Waals surface area contributed by atoms with Crippen molar-refractivity contribution in [3.63, 3.8) is 0 Å². The molecule has 2 heterocycles. The van der Waals surface area contributed by atoms with Crippen LogP contribution in [0.2, 0.25) is 0 Å². The van der Waals surface area contributed by atoms with E-state index in [0.29, 0.717) is 6.07 Å². The third-order valence-electron chi connectivity index (χ3n) is 4.50. The van der Waals surface area contributed by atoms with Gasteiger partial charge in [0.25, 0.3) is 5.56 Å². The van der Waals surface area contributed by atoms with Crippen LogP contribution in [0.5, 0.6) is 0 Å². The van der Waals surface area contributed by atoms with Gasteiger partial charge in [0, 0.05) is 24.5 Å². The molecule has 1 aliphatic heterocycles. The molecular weight excluding hydrogens is 401 g/mol. The van der Waals surface area contributed by atoms with Crippen molar-refractivity contribution in [2.75, 3.05) is 6.54 Å². The summed E-state index contributed by atoms with van der Waals surface area (Å²) in [5.41, 5.74) is -2.11. The molecule has 0 radical (unpaired) electrons. The number of carboxylic acids is 1. The van der Waals surface area contributed by atoms with Gasteiger partial charge in [0.1, 0.15) is 6.04 Å². The van der Waals surface area contributed by atoms with Crippen LogP contribution in [0.4, 0.5) is 13.2 Å². The zero-order valence-corrected chi connectivity index (χ0v) is 15.0. The van der Waals surface area contributed by atoms with Crippen LogP contribution >= 0.6 is 0 Å². The first-order valence-corrected chi connectivity index (χ1v) is 9.66. The van der Waals surface area contributed by atoms with Gasteiger partial charge in [-0.15, -0.1) is 0 Å². The second-order valence-corrected chi connectivity index (χ2v) is 8.49. The summed E-state index contributed by atoms with van der Waals surface area (Å²) >= 11 is 0. The minimum atomic E-state index is -4.99. The van der Waals surface area contributed by atoms with E-state index in [2.05, 4.69) is 5.32 Å². The quantitative estimate of drug-likeness (QED) is 0.782. The number of carboxylic acid groups (broad SMARTS) is 1. The second kappa shape index (κ2) is 7.06. The zero-order valence-electron chi connectivity index (χ0n) is 14.2. The lowest BCUT2D eigenvalue weighted by Gasteiger charge is -2.18. The maximum atomic E-state index is 13.6. The Morgan fingerprint density at radius 2 is 1.93 bits per heavy atom. The van der Waals surface area contributed by atoms with Crippen LogP contribution in [0, 0.1) is 0 Å². The molecule has 0 amide bonds. The maximum absolute atomic E-state index is 13.6. The number of rotatable bonds is 4. The molecule has 1 fully saturated rings. The Morgan fingerprint density at radius 1 is 1.21 bits per heavy atom. The number of nitrogens with one attached hydrogen (secondary N) is 1. The number of hydrogen-bond acceptors (Lipinski definition) is 5. The van der Waals surface area contributed by atoms with E-state index in [-0.39, 0.29) is 18.7 Å². The molecule has 3 rings (SSSR count). The number of carbonyl (C=O) groups is 1. The second-order valence-electron chi connectivity index (χ2n) is 6.29. The summed E-state index contributed by atoms with van der Waals surface area (Å²) in [5, 5.41) is 10.1. The normalized spacial score (nSPS) is 20.2. The molecule has 2 N–H and O–H groups in total. The first-order chi connectivity index (χ1) is 13.0. The number of benzene rings is 1. The van der Waals surface area contributed by atoms with Gasteiger partial charge in [-0.1, -0.05) is 6.07 Å². The fourth-order valence-electron chi connectivity index (χ4n) is 3.09. The highest BCUT2D eigenvalue weighted by Gasteiger charge is 2.43. The van der Waals surface area contributed by atoms with Crippen molar-refractivity contribution in [2.45, 2.75) is 28.8 Å². The van der Waals surface area contributed by atoms with Crippen LogP contribution in [0.15, 0.2) is 52.3 Å². The van der Waals surface area contributed by atoms with E-state index in [1.54, 1.807) is 0 Å². The summed E-state index contributed by atoms with van der Waals surface area (Å²) in [6.45, 7) is -0.267. The van der Waals surface area contributed by atoms with Crippen LogP contribution in [0.25, 0.3) is 5.69 Å². The van der Waals surface area contributed by atoms with Crippen molar-refractivity contribution in [1.82, 2.24) is 9.88 Å². The molecule has 0 bridgehead atoms. The summed E-state index contributed by atoms with van der Waals surface area (Å²) in [7, 11) is -4.46. The number of aromatic nitrogens is 1. The van der Waals surface area contributed by atoms with Gasteiger partial charge in [-0.05, 0) is 30.7 Å². The molecule has 11 heteroatoms. The highest BCUT2D eigenvalue weighted by atomic mass is 32.2. The third-order valence-corrected chi connectivity index (χ3v) is 6.71. The van der Waals surface area contributed by atoms with Crippen molar-refractivity contribution >= 4 is 15.8 Å². The Kier molecular flexibility index (Phi) is 5.06. The Morgan fingerprint density at radius 3 is 2.50 bits per heavy atom. The van der Waals surface area contributed by atoms with E-state index in [9.17, 15) is 31.2 Å². The summed E-state index contributed by atoms with van der Waals surface area (Å²) < 4.78 is 67.3. The highest BCUT2D eigenvalue weighted by Crippen LogP contribution is 2.37. The molecular formula is C17H15F3N2O5S. The molecule has 1 saturated heterocycles. The summed E-state index contributed by atoms with van der Waals surface area (Å²) in [5.74, 6) is -1.27. The number of sulfone groups is 1. The standard InChI is InChI=1S/C17H15F3N2O5S/c18-17(19,20)12-7-10(22-6-2-1-3-15(22)23)4-5-14(12)28(26,27)11-8-13(16(24)25)21-9-11/h1-7,11,13,21H,8-9H2,(H,24,25)/t11-,13+/m1/s1. The van der Waals surface area contributed by atoms with Gasteiger partial charge in [0.05, 0.1) is 15.7 Å². The van der Waals surface area contributed by atoms with E-state index in [0.717, 1.165) is 22.8 Å². The average Bonchev–Trinajstić information content (AvgIpc) is 3.12.